The van der Waals surface area contributed by atoms with Crippen molar-refractivity contribution in [1.82, 2.24) is 24.3 Å². The summed E-state index contributed by atoms with van der Waals surface area (Å²) in [5.41, 5.74) is 9.89. The standard InChI is InChI=1S/C25H22N6O2/c1-2-21(32)30-11-9-17(14-30)24-28-18(22-23(26)27-10-12-31(22)24)7-3-15-4-8-20-19(13-15)29-25(33-20)16-5-6-16/h2,4,8,10,12-13,16-17H,1,5-6,9,11,14H2,(H2,26,27)/t17-/m0/s1. The number of aromatic nitrogens is 4. The van der Waals surface area contributed by atoms with Gasteiger partial charge in [0.2, 0.25) is 5.91 Å². The molecule has 1 amide bonds. The second kappa shape index (κ2) is 7.48. The van der Waals surface area contributed by atoms with Crippen molar-refractivity contribution in [2.75, 3.05) is 18.8 Å². The van der Waals surface area contributed by atoms with Gasteiger partial charge in [0.1, 0.15) is 22.6 Å². The number of carbonyl (C=O) groups excluding carboxylic acids is 1. The van der Waals surface area contributed by atoms with Crippen molar-refractivity contribution in [1.29, 1.82) is 0 Å². The van der Waals surface area contributed by atoms with Gasteiger partial charge in [0.15, 0.2) is 17.3 Å². The summed E-state index contributed by atoms with van der Waals surface area (Å²) in [4.78, 5) is 27.5. The zero-order chi connectivity index (χ0) is 22.5. The zero-order valence-electron chi connectivity index (χ0n) is 18.0. The van der Waals surface area contributed by atoms with Gasteiger partial charge < -0.3 is 15.1 Å². The number of likely N-dealkylation sites (tertiary alicyclic amines) is 1. The van der Waals surface area contributed by atoms with Crippen molar-refractivity contribution in [3.8, 4) is 11.8 Å². The number of hydrogen-bond donors (Lipinski definition) is 1. The smallest absolute Gasteiger partial charge is 0.245 e. The molecule has 4 heterocycles. The van der Waals surface area contributed by atoms with Crippen LogP contribution in [0.3, 0.4) is 0 Å². The van der Waals surface area contributed by atoms with Crippen LogP contribution in [-0.2, 0) is 4.79 Å². The van der Waals surface area contributed by atoms with E-state index in [0.29, 0.717) is 36.0 Å². The van der Waals surface area contributed by atoms with Crippen LogP contribution in [0.2, 0.25) is 0 Å². The van der Waals surface area contributed by atoms with Crippen molar-refractivity contribution in [2.45, 2.75) is 31.1 Å². The van der Waals surface area contributed by atoms with Crippen LogP contribution in [0.25, 0.3) is 16.6 Å². The van der Waals surface area contributed by atoms with Crippen LogP contribution in [-0.4, -0.2) is 43.2 Å². The van der Waals surface area contributed by atoms with Gasteiger partial charge in [0.05, 0.1) is 0 Å². The van der Waals surface area contributed by atoms with Crippen LogP contribution in [0.15, 0.2) is 47.7 Å². The Hall–Kier alpha value is -4.12. The number of hydrogen-bond acceptors (Lipinski definition) is 6. The summed E-state index contributed by atoms with van der Waals surface area (Å²) in [5, 5.41) is 0. The molecule has 0 bridgehead atoms. The molecule has 2 fully saturated rings. The molecule has 8 heteroatoms. The average molecular weight is 438 g/mol. The maximum Gasteiger partial charge on any atom is 0.245 e. The molecule has 0 radical (unpaired) electrons. The number of benzene rings is 1. The molecule has 4 aromatic rings. The van der Waals surface area contributed by atoms with Gasteiger partial charge in [0, 0.05) is 42.9 Å². The Morgan fingerprint density at radius 3 is 2.91 bits per heavy atom. The third kappa shape index (κ3) is 3.42. The van der Waals surface area contributed by atoms with Crippen LogP contribution >= 0.6 is 0 Å². The summed E-state index contributed by atoms with van der Waals surface area (Å²) >= 11 is 0. The van der Waals surface area contributed by atoms with E-state index in [4.69, 9.17) is 15.1 Å². The lowest BCUT2D eigenvalue weighted by Gasteiger charge is -2.13. The molecular formula is C25H22N6O2. The third-order valence-electron chi connectivity index (χ3n) is 6.31. The summed E-state index contributed by atoms with van der Waals surface area (Å²) in [6.07, 6.45) is 7.96. The van der Waals surface area contributed by atoms with Gasteiger partial charge in [-0.3, -0.25) is 9.20 Å². The highest BCUT2D eigenvalue weighted by Gasteiger charge is 2.30. The van der Waals surface area contributed by atoms with Crippen LogP contribution < -0.4 is 5.73 Å². The second-order valence-electron chi connectivity index (χ2n) is 8.58. The fourth-order valence-corrected chi connectivity index (χ4v) is 4.42. The maximum atomic E-state index is 12.0. The van der Waals surface area contributed by atoms with E-state index in [0.717, 1.165) is 47.6 Å². The van der Waals surface area contributed by atoms with Crippen molar-refractivity contribution in [2.24, 2.45) is 0 Å². The van der Waals surface area contributed by atoms with E-state index >= 15 is 0 Å². The lowest BCUT2D eigenvalue weighted by molar-refractivity contribution is -0.125. The van der Waals surface area contributed by atoms with Crippen molar-refractivity contribution < 1.29 is 9.21 Å². The quantitative estimate of drug-likeness (QED) is 0.389. The molecule has 1 aliphatic carbocycles. The molecule has 6 rings (SSSR count). The van der Waals surface area contributed by atoms with Gasteiger partial charge >= 0.3 is 0 Å². The number of nitrogens with zero attached hydrogens (tertiary/aromatic N) is 5. The van der Waals surface area contributed by atoms with Gasteiger partial charge in [-0.05, 0) is 49.5 Å². The van der Waals surface area contributed by atoms with Gasteiger partial charge in [-0.15, -0.1) is 0 Å². The fourth-order valence-electron chi connectivity index (χ4n) is 4.42. The number of nitrogens with two attached hydrogens (primary N) is 1. The van der Waals surface area contributed by atoms with E-state index in [9.17, 15) is 4.79 Å². The first-order chi connectivity index (χ1) is 16.1. The predicted molar refractivity (Wildman–Crippen MR) is 123 cm³/mol. The van der Waals surface area contributed by atoms with E-state index in [1.807, 2.05) is 28.8 Å². The summed E-state index contributed by atoms with van der Waals surface area (Å²) in [5.74, 6) is 8.90. The van der Waals surface area contributed by atoms with Crippen molar-refractivity contribution in [3.05, 3.63) is 66.2 Å². The highest BCUT2D eigenvalue weighted by molar-refractivity contribution is 5.87. The van der Waals surface area contributed by atoms with E-state index in [1.165, 1.54) is 6.08 Å². The Morgan fingerprint density at radius 2 is 2.09 bits per heavy atom. The molecular weight excluding hydrogens is 416 g/mol. The zero-order valence-corrected chi connectivity index (χ0v) is 18.0. The fraction of sp³-hybridized carbons (Fsp3) is 0.280. The van der Waals surface area contributed by atoms with Crippen LogP contribution in [0.5, 0.6) is 0 Å². The lowest BCUT2D eigenvalue weighted by atomic mass is 10.1. The Balaban J connectivity index is 1.36. The number of rotatable bonds is 3. The first-order valence-electron chi connectivity index (χ1n) is 11.1. The van der Waals surface area contributed by atoms with Gasteiger partial charge in [-0.25, -0.2) is 15.0 Å². The number of imidazole rings is 1. The topological polar surface area (TPSA) is 103 Å². The van der Waals surface area contributed by atoms with Gasteiger partial charge in [0.25, 0.3) is 0 Å². The van der Waals surface area contributed by atoms with E-state index < -0.39 is 0 Å². The van der Waals surface area contributed by atoms with Crippen LogP contribution in [0.1, 0.15) is 54.1 Å². The largest absolute Gasteiger partial charge is 0.440 e. The van der Waals surface area contributed by atoms with E-state index in [1.54, 1.807) is 11.1 Å². The summed E-state index contributed by atoms with van der Waals surface area (Å²) in [6, 6.07) is 5.77. The number of carbonyl (C=O) groups is 1. The lowest BCUT2D eigenvalue weighted by Crippen LogP contribution is -2.26. The van der Waals surface area contributed by atoms with Gasteiger partial charge in [-0.2, -0.15) is 0 Å². The molecule has 1 saturated carbocycles. The first kappa shape index (κ1) is 19.6. The van der Waals surface area contributed by atoms with Crippen LogP contribution in [0.4, 0.5) is 5.82 Å². The Bertz CT molecular complexity index is 1480. The molecule has 2 N–H and O–H groups in total. The highest BCUT2D eigenvalue weighted by Crippen LogP contribution is 2.40. The molecule has 164 valence electrons. The van der Waals surface area contributed by atoms with Gasteiger partial charge in [-0.1, -0.05) is 12.5 Å². The predicted octanol–water partition coefficient (Wildman–Crippen LogP) is 3.23. The molecule has 1 saturated heterocycles. The van der Waals surface area contributed by atoms with E-state index in [-0.39, 0.29) is 11.8 Å². The number of nitrogen functional groups attached to an aromatic ring is 1. The molecule has 2 aliphatic rings. The van der Waals surface area contributed by atoms with Crippen molar-refractivity contribution >= 4 is 28.3 Å². The Kier molecular flexibility index (Phi) is 4.44. The number of oxazole rings is 1. The second-order valence-corrected chi connectivity index (χ2v) is 8.58. The Morgan fingerprint density at radius 1 is 1.21 bits per heavy atom. The third-order valence-corrected chi connectivity index (χ3v) is 6.31. The van der Waals surface area contributed by atoms with E-state index in [2.05, 4.69) is 28.4 Å². The first-order valence-corrected chi connectivity index (χ1v) is 11.1. The summed E-state index contributed by atoms with van der Waals surface area (Å²) < 4.78 is 7.79. The SMILES string of the molecule is C=CC(=O)N1CC[C@H](c2nc(C#Cc3ccc4oc(C5CC5)nc4c3)c3c(N)nccn23)C1. The molecule has 0 spiro atoms. The maximum absolute atomic E-state index is 12.0. The normalized spacial score (nSPS) is 17.9. The molecule has 0 unspecified atom stereocenters. The average Bonchev–Trinajstić information content (AvgIpc) is 3.24. The minimum atomic E-state index is -0.0624. The Labute approximate surface area is 190 Å². The molecule has 3 aromatic heterocycles. The molecule has 1 aliphatic heterocycles. The highest BCUT2D eigenvalue weighted by atomic mass is 16.3. The van der Waals surface area contributed by atoms with Crippen LogP contribution in [0, 0.1) is 11.8 Å². The minimum Gasteiger partial charge on any atom is -0.440 e. The number of anilines is 1. The molecule has 1 atom stereocenters. The molecule has 33 heavy (non-hydrogen) atoms. The van der Waals surface area contributed by atoms with Crippen molar-refractivity contribution in [3.63, 3.8) is 0 Å². The monoisotopic (exact) mass is 438 g/mol. The summed E-state index contributed by atoms with van der Waals surface area (Å²) in [7, 11) is 0. The minimum absolute atomic E-state index is 0.0624. The molecule has 8 nitrogen and oxygen atoms in total. The summed E-state index contributed by atoms with van der Waals surface area (Å²) in [6.45, 7) is 4.85. The molecule has 1 aromatic carbocycles. The number of fused-ring (bicyclic) bond motifs is 2. The number of amides is 1.